The number of nitrogens with one attached hydrogen (secondary N) is 2. The third-order valence-electron chi connectivity index (χ3n) is 7.25. The second kappa shape index (κ2) is 19.6. The molecule has 2 aliphatic rings. The first-order valence-electron chi connectivity index (χ1n) is 15.0. The first-order valence-corrected chi connectivity index (χ1v) is 17.8. The molecule has 4 atom stereocenters. The number of fused-ring (bicyclic) bond motifs is 2. The Hall–Kier alpha value is -3.66. The van der Waals surface area contributed by atoms with Gasteiger partial charge < -0.3 is 58.8 Å². The Labute approximate surface area is 338 Å². The van der Waals surface area contributed by atoms with E-state index in [4.69, 9.17) is 18.9 Å². The monoisotopic (exact) mass is 808 g/mol. The Morgan fingerprint density at radius 2 is 1.06 bits per heavy atom. The maximum Gasteiger partial charge on any atom is 2.00 e. The number of hydrogen-bond acceptors (Lipinski definition) is 12. The maximum absolute atomic E-state index is 12.7. The number of anilines is 2. The number of benzene rings is 2. The summed E-state index contributed by atoms with van der Waals surface area (Å²) < 4.78 is 104. The second-order valence-corrected chi connectivity index (χ2v) is 13.4. The van der Waals surface area contributed by atoms with E-state index in [1.807, 2.05) is 0 Å². The van der Waals surface area contributed by atoms with Crippen LogP contribution in [0.1, 0.15) is 11.4 Å². The van der Waals surface area contributed by atoms with Crippen molar-refractivity contribution in [3.8, 4) is 34.5 Å². The van der Waals surface area contributed by atoms with Crippen molar-refractivity contribution in [2.24, 2.45) is 0 Å². The van der Waals surface area contributed by atoms with Gasteiger partial charge >= 0.3 is 51.0 Å². The molecular formula is C32H32CaF4N6O8S2. The molecule has 6 rings (SSSR count). The average Bonchev–Trinajstić information content (AvgIpc) is 3.75. The van der Waals surface area contributed by atoms with Gasteiger partial charge in [0.1, 0.15) is 33.9 Å². The van der Waals surface area contributed by atoms with E-state index >= 15 is 0 Å². The summed E-state index contributed by atoms with van der Waals surface area (Å²) in [6.07, 6.45) is 3.08. The van der Waals surface area contributed by atoms with Gasteiger partial charge in [-0.1, -0.05) is 0 Å². The van der Waals surface area contributed by atoms with Gasteiger partial charge in [0.15, 0.2) is 34.5 Å². The van der Waals surface area contributed by atoms with Gasteiger partial charge in [0.2, 0.25) is 0 Å². The topological polar surface area (TPSA) is 180 Å². The Morgan fingerprint density at radius 1 is 0.660 bits per heavy atom. The molecular weight excluding hydrogens is 777 g/mol. The zero-order valence-electron chi connectivity index (χ0n) is 28.6. The molecule has 4 unspecified atom stereocenters. The van der Waals surface area contributed by atoms with Crippen LogP contribution >= 0.6 is 0 Å². The number of rotatable bonds is 14. The fourth-order valence-corrected chi connectivity index (χ4v) is 7.24. The van der Waals surface area contributed by atoms with Gasteiger partial charge in [0.25, 0.3) is 0 Å². The molecule has 280 valence electrons. The molecule has 2 N–H and O–H groups in total. The van der Waals surface area contributed by atoms with E-state index in [2.05, 4.69) is 40.7 Å². The molecule has 0 amide bonds. The molecule has 53 heavy (non-hydrogen) atoms. The standard InChI is InChI=1S/2C16H16F2N3O4S.Ca/c2*1-23-13-5-6-19-12(14(13)24-2)8-26(22)16-20-10-4-3-9(25-15(17)18)7-11(10)21-16;/h2*3-7,15-16,20H,8H2,1-2H3;/q2*-1;+2. The summed E-state index contributed by atoms with van der Waals surface area (Å²) in [6.45, 7) is -5.84. The Balaban J connectivity index is 0.000000232. The Kier molecular flexibility index (Phi) is 15.6. The maximum atomic E-state index is 12.7. The second-order valence-electron chi connectivity index (χ2n) is 10.4. The largest absolute Gasteiger partial charge is 2.00 e. The third-order valence-corrected chi connectivity index (χ3v) is 9.81. The zero-order valence-corrected chi connectivity index (χ0v) is 32.4. The van der Waals surface area contributed by atoms with E-state index in [-0.39, 0.29) is 60.7 Å². The number of aromatic nitrogens is 2. The normalized spacial score (nSPS) is 16.2. The first-order chi connectivity index (χ1) is 25.0. The van der Waals surface area contributed by atoms with E-state index in [0.29, 0.717) is 57.1 Å². The number of hydrogen-bond donors (Lipinski definition) is 2. The molecule has 0 saturated heterocycles. The van der Waals surface area contributed by atoms with Crippen molar-refractivity contribution in [2.45, 2.75) is 35.7 Å². The fourth-order valence-electron chi connectivity index (χ4n) is 5.00. The van der Waals surface area contributed by atoms with Crippen LogP contribution < -0.4 is 39.1 Å². The number of pyridine rings is 2. The van der Waals surface area contributed by atoms with Crippen LogP contribution in [0.3, 0.4) is 0 Å². The quantitative estimate of drug-likeness (QED) is 0.0821. The minimum Gasteiger partial charge on any atom is -0.619 e. The molecule has 0 saturated carbocycles. The van der Waals surface area contributed by atoms with Crippen LogP contribution in [0.4, 0.5) is 40.3 Å². The molecule has 4 aromatic rings. The molecule has 14 nitrogen and oxygen atoms in total. The van der Waals surface area contributed by atoms with Crippen LogP contribution in [0.25, 0.3) is 10.6 Å². The zero-order chi connectivity index (χ0) is 37.4. The summed E-state index contributed by atoms with van der Waals surface area (Å²) >= 11 is -2.95. The molecule has 0 aliphatic carbocycles. The van der Waals surface area contributed by atoms with Crippen LogP contribution in [-0.2, 0) is 33.9 Å². The van der Waals surface area contributed by atoms with Crippen LogP contribution in [0.2, 0.25) is 0 Å². The summed E-state index contributed by atoms with van der Waals surface area (Å²) in [5, 5.41) is 14.5. The number of nitrogens with zero attached hydrogens (tertiary/aromatic N) is 4. The van der Waals surface area contributed by atoms with Crippen LogP contribution in [0, 0.1) is 0 Å². The number of methoxy groups -OCH3 is 4. The fraction of sp³-hybridized carbons (Fsp3) is 0.312. The first kappa shape index (κ1) is 42.1. The van der Waals surface area contributed by atoms with E-state index in [9.17, 15) is 26.7 Å². The molecule has 2 aromatic heterocycles. The van der Waals surface area contributed by atoms with Gasteiger partial charge in [-0.25, -0.2) is 0 Å². The van der Waals surface area contributed by atoms with Gasteiger partial charge in [-0.3, -0.25) is 9.97 Å². The summed E-state index contributed by atoms with van der Waals surface area (Å²) in [5.74, 6) is 1.94. The third kappa shape index (κ3) is 10.7. The molecule has 0 spiro atoms. The average molecular weight is 809 g/mol. The van der Waals surface area contributed by atoms with E-state index in [1.54, 1.807) is 24.3 Å². The number of alkyl halides is 4. The predicted octanol–water partition coefficient (Wildman–Crippen LogP) is 6.35. The van der Waals surface area contributed by atoms with Crippen molar-refractivity contribution in [3.63, 3.8) is 0 Å². The SMILES string of the molecule is COc1ccnc(C[S+]([O-])C2[N-]c3cc(OC(F)F)ccc3N2)c1OC.COc1ccnc(C[S+]([O-])C2[N-]c3cc(OC(F)F)ccc3N2)c1OC.[Ca+2]. The number of halogens is 4. The summed E-state index contributed by atoms with van der Waals surface area (Å²) in [4.78, 5) is 8.39. The Morgan fingerprint density at radius 3 is 1.40 bits per heavy atom. The van der Waals surface area contributed by atoms with Crippen LogP contribution in [0.5, 0.6) is 34.5 Å². The van der Waals surface area contributed by atoms with Crippen molar-refractivity contribution in [2.75, 3.05) is 39.1 Å². The molecule has 2 aromatic carbocycles. The van der Waals surface area contributed by atoms with Gasteiger partial charge in [0.05, 0.1) is 28.4 Å². The van der Waals surface area contributed by atoms with Gasteiger partial charge in [0, 0.05) is 35.9 Å². The van der Waals surface area contributed by atoms with Gasteiger partial charge in [-0.05, 0) is 58.7 Å². The molecule has 21 heteroatoms. The van der Waals surface area contributed by atoms with Crippen LogP contribution in [-0.4, -0.2) is 109 Å². The van der Waals surface area contributed by atoms with Crippen molar-refractivity contribution < 1.29 is 55.1 Å². The van der Waals surface area contributed by atoms with Crippen molar-refractivity contribution in [1.29, 1.82) is 0 Å². The number of ether oxygens (including phenoxy) is 6. The summed E-state index contributed by atoms with van der Waals surface area (Å²) in [7, 11) is 5.96. The molecule has 0 radical (unpaired) electrons. The van der Waals surface area contributed by atoms with Crippen molar-refractivity contribution in [1.82, 2.24) is 9.97 Å². The Bertz CT molecular complexity index is 1700. The van der Waals surface area contributed by atoms with Crippen LogP contribution in [0.15, 0.2) is 60.9 Å². The molecule has 0 bridgehead atoms. The predicted molar refractivity (Wildman–Crippen MR) is 191 cm³/mol. The van der Waals surface area contributed by atoms with E-state index in [0.717, 1.165) is 0 Å². The molecule has 0 fully saturated rings. The summed E-state index contributed by atoms with van der Waals surface area (Å²) in [6, 6.07) is 11.9. The van der Waals surface area contributed by atoms with Gasteiger partial charge in [-0.2, -0.15) is 17.6 Å². The smallest absolute Gasteiger partial charge is 0.619 e. The van der Waals surface area contributed by atoms with Gasteiger partial charge in [-0.15, -0.1) is 11.4 Å². The van der Waals surface area contributed by atoms with E-state index < -0.39 is 46.6 Å². The van der Waals surface area contributed by atoms with Crippen molar-refractivity contribution in [3.05, 3.63) is 82.9 Å². The minimum absolute atomic E-state index is 0. The van der Waals surface area contributed by atoms with E-state index in [1.165, 1.54) is 65.1 Å². The minimum atomic E-state index is -2.92. The van der Waals surface area contributed by atoms with Crippen molar-refractivity contribution >= 4 is 82.8 Å². The molecule has 2 aliphatic heterocycles. The molecule has 4 heterocycles. The summed E-state index contributed by atoms with van der Waals surface area (Å²) in [5.41, 5.74) is 1.49.